The fraction of sp³-hybridized carbons (Fsp3) is 1.00. The fourth-order valence-electron chi connectivity index (χ4n) is 0.200. The van der Waals surface area contributed by atoms with Gasteiger partial charge in [0.25, 0.3) is 0 Å². The van der Waals surface area contributed by atoms with Crippen molar-refractivity contribution in [2.45, 2.75) is 24.0 Å². The SMILES string of the molecule is CC(C)(C)C(Br)(Br)CBr. The van der Waals surface area contributed by atoms with Gasteiger partial charge in [0.2, 0.25) is 0 Å². The van der Waals surface area contributed by atoms with Crippen molar-refractivity contribution in [3.8, 4) is 0 Å². The van der Waals surface area contributed by atoms with Crippen LogP contribution in [0.5, 0.6) is 0 Å². The summed E-state index contributed by atoms with van der Waals surface area (Å²) < 4.78 is 0.0208. The molecule has 0 spiro atoms. The number of halogens is 3. The van der Waals surface area contributed by atoms with Gasteiger partial charge in [-0.05, 0) is 5.41 Å². The summed E-state index contributed by atoms with van der Waals surface area (Å²) in [5, 5.41) is 0.906. The molecule has 0 aromatic carbocycles. The van der Waals surface area contributed by atoms with E-state index < -0.39 is 0 Å². The van der Waals surface area contributed by atoms with Gasteiger partial charge in [0.15, 0.2) is 0 Å². The Morgan fingerprint density at radius 2 is 1.44 bits per heavy atom. The van der Waals surface area contributed by atoms with E-state index in [1.165, 1.54) is 0 Å². The van der Waals surface area contributed by atoms with E-state index in [0.29, 0.717) is 0 Å². The van der Waals surface area contributed by atoms with Gasteiger partial charge in [-0.2, -0.15) is 0 Å². The molecule has 0 aliphatic carbocycles. The largest absolute Gasteiger partial charge is 0.0949 e. The lowest BCUT2D eigenvalue weighted by Crippen LogP contribution is -2.31. The topological polar surface area (TPSA) is 0 Å². The van der Waals surface area contributed by atoms with Crippen molar-refractivity contribution >= 4 is 47.8 Å². The first-order valence-electron chi connectivity index (χ1n) is 2.75. The molecule has 0 bridgehead atoms. The monoisotopic (exact) mass is 320 g/mol. The van der Waals surface area contributed by atoms with Crippen LogP contribution in [0.3, 0.4) is 0 Å². The van der Waals surface area contributed by atoms with Crippen LogP contribution in [-0.4, -0.2) is 8.56 Å². The average molecular weight is 323 g/mol. The molecular formula is C6H11Br3. The third-order valence-corrected chi connectivity index (χ3v) is 6.55. The lowest BCUT2D eigenvalue weighted by Gasteiger charge is -2.32. The van der Waals surface area contributed by atoms with Gasteiger partial charge in [0.1, 0.15) is 0 Å². The third kappa shape index (κ3) is 2.89. The molecule has 9 heavy (non-hydrogen) atoms. The molecule has 0 aliphatic heterocycles. The quantitative estimate of drug-likeness (QED) is 0.642. The van der Waals surface area contributed by atoms with Crippen LogP contribution in [-0.2, 0) is 0 Å². The number of hydrogen-bond acceptors (Lipinski definition) is 0. The molecule has 0 atom stereocenters. The molecule has 0 radical (unpaired) electrons. The maximum atomic E-state index is 3.57. The van der Waals surface area contributed by atoms with Gasteiger partial charge in [-0.3, -0.25) is 0 Å². The summed E-state index contributed by atoms with van der Waals surface area (Å²) in [5.41, 5.74) is 0.233. The minimum Gasteiger partial charge on any atom is -0.0903 e. The second-order valence-electron chi connectivity index (χ2n) is 3.09. The smallest absolute Gasteiger partial charge is 0.0903 e. The second kappa shape index (κ2) is 3.22. The number of rotatable bonds is 1. The molecule has 0 fully saturated rings. The molecule has 0 unspecified atom stereocenters. The molecule has 0 saturated heterocycles. The van der Waals surface area contributed by atoms with Gasteiger partial charge in [-0.25, -0.2) is 0 Å². The Balaban J connectivity index is 4.14. The van der Waals surface area contributed by atoms with Crippen molar-refractivity contribution in [3.63, 3.8) is 0 Å². The fourth-order valence-corrected chi connectivity index (χ4v) is 1.04. The molecule has 56 valence electrons. The summed E-state index contributed by atoms with van der Waals surface area (Å²) in [6, 6.07) is 0. The van der Waals surface area contributed by atoms with Gasteiger partial charge >= 0.3 is 0 Å². The Labute approximate surface area is 82.2 Å². The van der Waals surface area contributed by atoms with Gasteiger partial charge in [-0.1, -0.05) is 68.6 Å². The summed E-state index contributed by atoms with van der Waals surface area (Å²) >= 11 is 10.6. The highest BCUT2D eigenvalue weighted by Gasteiger charge is 2.35. The molecule has 0 heterocycles. The minimum atomic E-state index is 0.0208. The highest BCUT2D eigenvalue weighted by Crippen LogP contribution is 2.44. The zero-order chi connectivity index (χ0) is 7.71. The molecule has 0 aromatic rings. The van der Waals surface area contributed by atoms with E-state index in [4.69, 9.17) is 0 Å². The first kappa shape index (κ1) is 10.4. The molecule has 0 rings (SSSR count). The Morgan fingerprint density at radius 3 is 1.44 bits per heavy atom. The average Bonchev–Trinajstić information content (AvgIpc) is 1.64. The standard InChI is InChI=1S/C6H11Br3/c1-5(2,3)6(8,9)4-7/h4H2,1-3H3. The Kier molecular flexibility index (Phi) is 3.74. The Bertz CT molecular complexity index is 91.0. The van der Waals surface area contributed by atoms with Gasteiger partial charge in [0, 0.05) is 5.33 Å². The van der Waals surface area contributed by atoms with Crippen LogP contribution in [0.4, 0.5) is 0 Å². The number of alkyl halides is 3. The van der Waals surface area contributed by atoms with E-state index in [2.05, 4.69) is 68.6 Å². The van der Waals surface area contributed by atoms with Crippen LogP contribution >= 0.6 is 47.8 Å². The van der Waals surface area contributed by atoms with E-state index >= 15 is 0 Å². The van der Waals surface area contributed by atoms with Crippen molar-refractivity contribution in [1.29, 1.82) is 0 Å². The first-order chi connectivity index (χ1) is 3.81. The molecule has 0 aliphatic rings. The highest BCUT2D eigenvalue weighted by atomic mass is 79.9. The van der Waals surface area contributed by atoms with E-state index in [9.17, 15) is 0 Å². The zero-order valence-electron chi connectivity index (χ0n) is 5.84. The molecule has 0 nitrogen and oxygen atoms in total. The summed E-state index contributed by atoms with van der Waals surface area (Å²) in [4.78, 5) is 0. The normalized spacial score (nSPS) is 14.0. The minimum absolute atomic E-state index is 0.0208. The second-order valence-corrected chi connectivity index (χ2v) is 7.42. The van der Waals surface area contributed by atoms with Crippen LogP contribution in [0.15, 0.2) is 0 Å². The Morgan fingerprint density at radius 1 is 1.11 bits per heavy atom. The van der Waals surface area contributed by atoms with Gasteiger partial charge in [0.05, 0.1) is 3.23 Å². The summed E-state index contributed by atoms with van der Waals surface area (Å²) in [5.74, 6) is 0. The van der Waals surface area contributed by atoms with Gasteiger partial charge < -0.3 is 0 Å². The van der Waals surface area contributed by atoms with Crippen molar-refractivity contribution in [2.24, 2.45) is 5.41 Å². The predicted octanol–water partition coefficient (Wildman–Crippen LogP) is 3.91. The third-order valence-electron chi connectivity index (χ3n) is 1.27. The lowest BCUT2D eigenvalue weighted by molar-refractivity contribution is 0.401. The van der Waals surface area contributed by atoms with E-state index in [1.54, 1.807) is 0 Å². The van der Waals surface area contributed by atoms with Crippen LogP contribution in [0.1, 0.15) is 20.8 Å². The Hall–Kier alpha value is 1.44. The van der Waals surface area contributed by atoms with Crippen LogP contribution in [0.2, 0.25) is 0 Å². The molecule has 0 amide bonds. The lowest BCUT2D eigenvalue weighted by atomic mass is 9.93. The first-order valence-corrected chi connectivity index (χ1v) is 5.46. The van der Waals surface area contributed by atoms with Crippen LogP contribution in [0.25, 0.3) is 0 Å². The molecule has 3 heteroatoms. The van der Waals surface area contributed by atoms with Crippen molar-refractivity contribution < 1.29 is 0 Å². The van der Waals surface area contributed by atoms with Crippen molar-refractivity contribution in [1.82, 2.24) is 0 Å². The summed E-state index contributed by atoms with van der Waals surface area (Å²) in [6.45, 7) is 6.54. The van der Waals surface area contributed by atoms with E-state index in [-0.39, 0.29) is 8.65 Å². The number of hydrogen-bond donors (Lipinski definition) is 0. The van der Waals surface area contributed by atoms with Gasteiger partial charge in [-0.15, -0.1) is 0 Å². The predicted molar refractivity (Wildman–Crippen MR) is 53.8 cm³/mol. The molecular weight excluding hydrogens is 312 g/mol. The summed E-state index contributed by atoms with van der Waals surface area (Å²) in [6.07, 6.45) is 0. The van der Waals surface area contributed by atoms with E-state index in [0.717, 1.165) is 5.33 Å². The van der Waals surface area contributed by atoms with Crippen LogP contribution in [0, 0.1) is 5.41 Å². The maximum Gasteiger partial charge on any atom is 0.0949 e. The summed E-state index contributed by atoms with van der Waals surface area (Å²) in [7, 11) is 0. The van der Waals surface area contributed by atoms with Crippen molar-refractivity contribution in [3.05, 3.63) is 0 Å². The molecule has 0 N–H and O–H groups in total. The van der Waals surface area contributed by atoms with Crippen LogP contribution < -0.4 is 0 Å². The highest BCUT2D eigenvalue weighted by molar-refractivity contribution is 9.26. The zero-order valence-corrected chi connectivity index (χ0v) is 10.6. The molecule has 0 saturated carbocycles. The molecule has 0 aromatic heterocycles. The maximum absolute atomic E-state index is 3.57. The van der Waals surface area contributed by atoms with Crippen molar-refractivity contribution in [2.75, 3.05) is 5.33 Å². The van der Waals surface area contributed by atoms with E-state index in [1.807, 2.05) is 0 Å².